The molecule has 1 atom stereocenters. The van der Waals surface area contributed by atoms with Crippen molar-refractivity contribution in [2.45, 2.75) is 32.9 Å². The molecule has 22 heavy (non-hydrogen) atoms. The number of nitrogens with zero attached hydrogens (tertiary/aromatic N) is 1. The maximum Gasteiger partial charge on any atom is 0.217 e. The monoisotopic (exact) mass is 452 g/mol. The standard InChI is InChI=1S/C15H15Cl2IN2O2/c1-3-22-10-6-8(16)12(17)15-11(10)13(18)14-9(19-7(2)21)4-5-20(14)15/h6,9H,3-5H2,1-2H3,(H,19,21)/t9-/m0/s1. The van der Waals surface area contributed by atoms with Gasteiger partial charge in [0.25, 0.3) is 0 Å². The van der Waals surface area contributed by atoms with Gasteiger partial charge in [-0.25, -0.2) is 0 Å². The Morgan fingerprint density at radius 1 is 1.55 bits per heavy atom. The zero-order chi connectivity index (χ0) is 16.0. The summed E-state index contributed by atoms with van der Waals surface area (Å²) in [5.74, 6) is 0.702. The summed E-state index contributed by atoms with van der Waals surface area (Å²) in [6.07, 6.45) is 0.855. The third-order valence-corrected chi connectivity index (χ3v) is 5.68. The van der Waals surface area contributed by atoms with E-state index in [-0.39, 0.29) is 11.9 Å². The highest BCUT2D eigenvalue weighted by molar-refractivity contribution is 14.1. The number of benzene rings is 1. The number of hydrogen-bond donors (Lipinski definition) is 1. The van der Waals surface area contributed by atoms with Crippen LogP contribution in [0.25, 0.3) is 10.9 Å². The lowest BCUT2D eigenvalue weighted by Crippen LogP contribution is -2.24. The first-order chi connectivity index (χ1) is 10.5. The Labute approximate surface area is 152 Å². The van der Waals surface area contributed by atoms with E-state index in [0.29, 0.717) is 16.7 Å². The predicted molar refractivity (Wildman–Crippen MR) is 97.0 cm³/mol. The van der Waals surface area contributed by atoms with Crippen molar-refractivity contribution in [2.24, 2.45) is 0 Å². The molecule has 1 aliphatic rings. The van der Waals surface area contributed by atoms with E-state index in [9.17, 15) is 4.79 Å². The Morgan fingerprint density at radius 3 is 2.91 bits per heavy atom. The third-order valence-electron chi connectivity index (χ3n) is 3.81. The van der Waals surface area contributed by atoms with Gasteiger partial charge in [-0.1, -0.05) is 23.2 Å². The molecular formula is C15H15Cl2IN2O2. The van der Waals surface area contributed by atoms with Crippen molar-refractivity contribution in [3.05, 3.63) is 25.4 Å². The minimum atomic E-state index is -0.0336. The van der Waals surface area contributed by atoms with Crippen molar-refractivity contribution < 1.29 is 9.53 Å². The highest BCUT2D eigenvalue weighted by Crippen LogP contribution is 2.46. The second-order valence-corrected chi connectivity index (χ2v) is 7.08. The zero-order valence-corrected chi connectivity index (χ0v) is 15.8. The molecule has 1 aromatic carbocycles. The third kappa shape index (κ3) is 2.47. The van der Waals surface area contributed by atoms with E-state index in [2.05, 4.69) is 32.5 Å². The molecule has 0 spiro atoms. The van der Waals surface area contributed by atoms with Gasteiger partial charge >= 0.3 is 0 Å². The molecule has 4 nitrogen and oxygen atoms in total. The van der Waals surface area contributed by atoms with Crippen LogP contribution in [0.4, 0.5) is 0 Å². The van der Waals surface area contributed by atoms with Gasteiger partial charge in [0.1, 0.15) is 5.75 Å². The van der Waals surface area contributed by atoms with Gasteiger partial charge in [-0.05, 0) is 35.9 Å². The maximum absolute atomic E-state index is 11.4. The zero-order valence-electron chi connectivity index (χ0n) is 12.2. The van der Waals surface area contributed by atoms with E-state index in [4.69, 9.17) is 27.9 Å². The molecule has 118 valence electrons. The Kier molecular flexibility index (Phi) is 4.49. The predicted octanol–water partition coefficient (Wildman–Crippen LogP) is 4.53. The molecule has 7 heteroatoms. The number of halogens is 3. The van der Waals surface area contributed by atoms with Crippen LogP contribution in [-0.4, -0.2) is 17.1 Å². The number of aromatic nitrogens is 1. The van der Waals surface area contributed by atoms with Crippen molar-refractivity contribution in [2.75, 3.05) is 6.61 Å². The molecule has 2 heterocycles. The van der Waals surface area contributed by atoms with Crippen LogP contribution in [-0.2, 0) is 11.3 Å². The summed E-state index contributed by atoms with van der Waals surface area (Å²) in [6, 6.07) is 1.77. The summed E-state index contributed by atoms with van der Waals surface area (Å²) >= 11 is 15.0. The van der Waals surface area contributed by atoms with Crippen LogP contribution in [0.15, 0.2) is 6.07 Å². The van der Waals surface area contributed by atoms with Gasteiger partial charge in [-0.15, -0.1) is 0 Å². The molecule has 0 saturated carbocycles. The minimum Gasteiger partial charge on any atom is -0.493 e. The summed E-state index contributed by atoms with van der Waals surface area (Å²) in [6.45, 7) is 4.82. The van der Waals surface area contributed by atoms with Crippen molar-refractivity contribution >= 4 is 62.6 Å². The van der Waals surface area contributed by atoms with Crippen LogP contribution in [0.2, 0.25) is 10.0 Å². The fourth-order valence-corrected chi connectivity index (χ4v) is 4.67. The number of amides is 1. The van der Waals surface area contributed by atoms with Gasteiger partial charge < -0.3 is 14.6 Å². The molecule has 0 saturated heterocycles. The van der Waals surface area contributed by atoms with Crippen molar-refractivity contribution in [1.82, 2.24) is 9.88 Å². The van der Waals surface area contributed by atoms with Crippen LogP contribution in [0.3, 0.4) is 0 Å². The lowest BCUT2D eigenvalue weighted by Gasteiger charge is -2.11. The van der Waals surface area contributed by atoms with Crippen molar-refractivity contribution in [1.29, 1.82) is 0 Å². The number of carbonyl (C=O) groups is 1. The largest absolute Gasteiger partial charge is 0.493 e. The SMILES string of the molecule is CCOc1cc(Cl)c(Cl)c2c1c(I)c1n2CC[C@@H]1NC(C)=O. The highest BCUT2D eigenvalue weighted by atomic mass is 127. The lowest BCUT2D eigenvalue weighted by atomic mass is 10.1. The van der Waals surface area contributed by atoms with E-state index < -0.39 is 0 Å². The molecule has 0 fully saturated rings. The summed E-state index contributed by atoms with van der Waals surface area (Å²) in [5, 5.41) is 5.00. The Morgan fingerprint density at radius 2 is 2.27 bits per heavy atom. The number of nitrogens with one attached hydrogen (secondary N) is 1. The first-order valence-electron chi connectivity index (χ1n) is 7.05. The van der Waals surface area contributed by atoms with Crippen molar-refractivity contribution in [3.63, 3.8) is 0 Å². The molecule has 1 amide bonds. The molecule has 1 N–H and O–H groups in total. The number of ether oxygens (including phenoxy) is 1. The average Bonchev–Trinajstić information content (AvgIpc) is 2.96. The molecule has 1 aromatic heterocycles. The van der Waals surface area contributed by atoms with E-state index >= 15 is 0 Å². The molecule has 0 bridgehead atoms. The molecule has 0 unspecified atom stereocenters. The smallest absolute Gasteiger partial charge is 0.217 e. The van der Waals surface area contributed by atoms with Crippen molar-refractivity contribution in [3.8, 4) is 5.75 Å². The first kappa shape index (κ1) is 16.2. The second-order valence-electron chi connectivity index (χ2n) is 5.22. The molecule has 1 aliphatic heterocycles. The normalized spacial score (nSPS) is 16.9. The first-order valence-corrected chi connectivity index (χ1v) is 8.88. The van der Waals surface area contributed by atoms with E-state index in [1.54, 1.807) is 6.07 Å². The Hall–Kier alpha value is -0.660. The highest BCUT2D eigenvalue weighted by Gasteiger charge is 2.32. The van der Waals surface area contributed by atoms with Crippen LogP contribution in [0, 0.1) is 3.57 Å². The van der Waals surface area contributed by atoms with Gasteiger partial charge in [0, 0.05) is 23.1 Å². The molecule has 3 rings (SSSR count). The molecule has 0 radical (unpaired) electrons. The molecule has 2 aromatic rings. The second kappa shape index (κ2) is 6.09. The van der Waals surface area contributed by atoms with Crippen LogP contribution in [0.1, 0.15) is 32.0 Å². The number of carbonyl (C=O) groups excluding carboxylic acids is 1. The summed E-state index contributed by atoms with van der Waals surface area (Å²) in [7, 11) is 0. The molecular weight excluding hydrogens is 438 g/mol. The van der Waals surface area contributed by atoms with Crippen LogP contribution < -0.4 is 10.1 Å². The number of rotatable bonds is 3. The fraction of sp³-hybridized carbons (Fsp3) is 0.400. The summed E-state index contributed by atoms with van der Waals surface area (Å²) in [5.41, 5.74) is 1.97. The van der Waals surface area contributed by atoms with Gasteiger partial charge in [-0.3, -0.25) is 4.79 Å². The maximum atomic E-state index is 11.4. The number of aryl methyl sites for hydroxylation is 1. The van der Waals surface area contributed by atoms with Gasteiger partial charge in [0.15, 0.2) is 0 Å². The molecule has 0 aliphatic carbocycles. The number of fused-ring (bicyclic) bond motifs is 3. The summed E-state index contributed by atoms with van der Waals surface area (Å²) in [4.78, 5) is 11.4. The minimum absolute atomic E-state index is 0.00104. The average molecular weight is 453 g/mol. The van der Waals surface area contributed by atoms with Gasteiger partial charge in [0.05, 0.1) is 39.3 Å². The van der Waals surface area contributed by atoms with Crippen LogP contribution in [0.5, 0.6) is 5.75 Å². The van der Waals surface area contributed by atoms with E-state index in [0.717, 1.165) is 38.9 Å². The summed E-state index contributed by atoms with van der Waals surface area (Å²) < 4.78 is 8.95. The Bertz CT molecular complexity index is 773. The topological polar surface area (TPSA) is 43.3 Å². The fourth-order valence-electron chi connectivity index (χ4n) is 3.05. The van der Waals surface area contributed by atoms with E-state index in [1.165, 1.54) is 6.92 Å². The lowest BCUT2D eigenvalue weighted by molar-refractivity contribution is -0.119. The van der Waals surface area contributed by atoms with Gasteiger partial charge in [0.2, 0.25) is 5.91 Å². The van der Waals surface area contributed by atoms with Gasteiger partial charge in [-0.2, -0.15) is 0 Å². The quantitative estimate of drug-likeness (QED) is 0.695. The number of hydrogen-bond acceptors (Lipinski definition) is 2. The van der Waals surface area contributed by atoms with E-state index in [1.807, 2.05) is 6.92 Å². The van der Waals surface area contributed by atoms with Crippen LogP contribution >= 0.6 is 45.8 Å². The Balaban J connectivity index is 2.28.